The lowest BCUT2D eigenvalue weighted by Crippen LogP contribution is -1.99. The highest BCUT2D eigenvalue weighted by Gasteiger charge is 2.16. The van der Waals surface area contributed by atoms with E-state index in [2.05, 4.69) is 15.9 Å². The van der Waals surface area contributed by atoms with Crippen molar-refractivity contribution in [1.82, 2.24) is 0 Å². The summed E-state index contributed by atoms with van der Waals surface area (Å²) in [6.45, 7) is 1.20. The number of rotatable bonds is 3. The summed E-state index contributed by atoms with van der Waals surface area (Å²) in [5, 5.41) is 0. The van der Waals surface area contributed by atoms with E-state index < -0.39 is 0 Å². The number of halogens is 1. The quantitative estimate of drug-likeness (QED) is 0.618. The first kappa shape index (κ1) is 13.9. The Balaban J connectivity index is 1.87. The topological polar surface area (TPSA) is 48.7 Å². The zero-order valence-corrected chi connectivity index (χ0v) is 12.8. The van der Waals surface area contributed by atoms with Crippen molar-refractivity contribution < 1.29 is 18.7 Å². The van der Waals surface area contributed by atoms with Gasteiger partial charge in [0.2, 0.25) is 0 Å². The minimum Gasteiger partial charge on any atom is -0.490 e. The molecule has 0 saturated carbocycles. The number of hydrogen-bond acceptors (Lipinski definition) is 4. The van der Waals surface area contributed by atoms with E-state index in [4.69, 9.17) is 13.9 Å². The zero-order chi connectivity index (χ0) is 14.7. The lowest BCUT2D eigenvalue weighted by molar-refractivity contribution is 0.104. The second-order valence-electron chi connectivity index (χ2n) is 4.54. The molecule has 108 valence electrons. The van der Waals surface area contributed by atoms with Gasteiger partial charge in [-0.2, -0.15) is 0 Å². The van der Waals surface area contributed by atoms with E-state index in [1.807, 2.05) is 0 Å². The van der Waals surface area contributed by atoms with Crippen LogP contribution < -0.4 is 9.47 Å². The van der Waals surface area contributed by atoms with E-state index in [9.17, 15) is 4.79 Å². The van der Waals surface area contributed by atoms with Gasteiger partial charge in [0.1, 0.15) is 5.76 Å². The molecule has 0 bridgehead atoms. The Morgan fingerprint density at radius 3 is 2.67 bits per heavy atom. The molecule has 2 heterocycles. The summed E-state index contributed by atoms with van der Waals surface area (Å²) in [5.74, 6) is 1.76. The summed E-state index contributed by atoms with van der Waals surface area (Å²) in [4.78, 5) is 12.3. The van der Waals surface area contributed by atoms with Gasteiger partial charge >= 0.3 is 0 Å². The molecule has 0 unspecified atom stereocenters. The Kier molecular flexibility index (Phi) is 4.10. The summed E-state index contributed by atoms with van der Waals surface area (Å²) in [6, 6.07) is 7.04. The molecule has 0 radical (unpaired) electrons. The third-order valence-corrected chi connectivity index (χ3v) is 3.70. The first-order valence-corrected chi connectivity index (χ1v) is 7.38. The SMILES string of the molecule is O=C(/C=C/c1ccco1)c1cc2c(cc1Br)OCCCO2. The molecule has 0 N–H and O–H groups in total. The van der Waals surface area contributed by atoms with Crippen LogP contribution in [0.25, 0.3) is 6.08 Å². The third-order valence-electron chi connectivity index (χ3n) is 3.04. The number of carbonyl (C=O) groups excluding carboxylic acids is 1. The number of benzene rings is 1. The molecule has 4 nitrogen and oxygen atoms in total. The lowest BCUT2D eigenvalue weighted by Gasteiger charge is -2.10. The third kappa shape index (κ3) is 3.19. The van der Waals surface area contributed by atoms with Crippen molar-refractivity contribution in [2.24, 2.45) is 0 Å². The van der Waals surface area contributed by atoms with Crippen molar-refractivity contribution in [3.8, 4) is 11.5 Å². The lowest BCUT2D eigenvalue weighted by atomic mass is 10.1. The summed E-state index contributed by atoms with van der Waals surface area (Å²) in [6.07, 6.45) is 5.50. The maximum absolute atomic E-state index is 12.3. The van der Waals surface area contributed by atoms with E-state index in [0.29, 0.717) is 40.5 Å². The Morgan fingerprint density at radius 2 is 1.95 bits per heavy atom. The van der Waals surface area contributed by atoms with E-state index in [-0.39, 0.29) is 5.78 Å². The van der Waals surface area contributed by atoms with Gasteiger partial charge in [-0.15, -0.1) is 0 Å². The van der Waals surface area contributed by atoms with Gasteiger partial charge in [0.15, 0.2) is 17.3 Å². The Labute approximate surface area is 130 Å². The summed E-state index contributed by atoms with van der Waals surface area (Å²) in [5.41, 5.74) is 0.530. The minimum absolute atomic E-state index is 0.131. The minimum atomic E-state index is -0.131. The Hall–Kier alpha value is -2.01. The van der Waals surface area contributed by atoms with Gasteiger partial charge in [0.25, 0.3) is 0 Å². The van der Waals surface area contributed by atoms with Gasteiger partial charge in [-0.05, 0) is 52.3 Å². The molecule has 1 aromatic carbocycles. The maximum Gasteiger partial charge on any atom is 0.187 e. The second-order valence-corrected chi connectivity index (χ2v) is 5.40. The van der Waals surface area contributed by atoms with Crippen LogP contribution in [0.3, 0.4) is 0 Å². The Bertz CT molecular complexity index is 674. The predicted molar refractivity (Wildman–Crippen MR) is 81.8 cm³/mol. The average molecular weight is 349 g/mol. The number of carbonyl (C=O) groups is 1. The molecule has 0 amide bonds. The molecule has 1 aliphatic rings. The van der Waals surface area contributed by atoms with Crippen LogP contribution in [0.1, 0.15) is 22.5 Å². The zero-order valence-electron chi connectivity index (χ0n) is 11.2. The maximum atomic E-state index is 12.3. The molecule has 0 aliphatic carbocycles. The van der Waals surface area contributed by atoms with Crippen LogP contribution in [0.15, 0.2) is 45.5 Å². The smallest absolute Gasteiger partial charge is 0.187 e. The number of fused-ring (bicyclic) bond motifs is 1. The van der Waals surface area contributed by atoms with Gasteiger partial charge in [-0.25, -0.2) is 0 Å². The van der Waals surface area contributed by atoms with Crippen LogP contribution in [0.5, 0.6) is 11.5 Å². The van der Waals surface area contributed by atoms with Crippen LogP contribution in [-0.4, -0.2) is 19.0 Å². The van der Waals surface area contributed by atoms with Gasteiger partial charge < -0.3 is 13.9 Å². The van der Waals surface area contributed by atoms with Gasteiger partial charge in [-0.3, -0.25) is 4.79 Å². The number of ketones is 1. The molecular formula is C16H13BrO4. The van der Waals surface area contributed by atoms with Crippen LogP contribution in [0.2, 0.25) is 0 Å². The monoisotopic (exact) mass is 348 g/mol. The fraction of sp³-hybridized carbons (Fsp3) is 0.188. The first-order valence-electron chi connectivity index (χ1n) is 6.59. The van der Waals surface area contributed by atoms with Crippen molar-refractivity contribution in [1.29, 1.82) is 0 Å². The van der Waals surface area contributed by atoms with E-state index in [1.54, 1.807) is 36.6 Å². The molecule has 5 heteroatoms. The number of allylic oxidation sites excluding steroid dienone is 1. The molecule has 0 atom stereocenters. The molecule has 0 spiro atoms. The standard InChI is InChI=1S/C16H13BrO4/c17-13-10-16-15(20-7-2-8-21-16)9-12(13)14(18)5-4-11-3-1-6-19-11/h1,3-6,9-10H,2,7-8H2/b5-4+. The highest BCUT2D eigenvalue weighted by atomic mass is 79.9. The van der Waals surface area contributed by atoms with Crippen molar-refractivity contribution in [2.45, 2.75) is 6.42 Å². The number of ether oxygens (including phenoxy) is 2. The fourth-order valence-corrected chi connectivity index (χ4v) is 2.52. The van der Waals surface area contributed by atoms with Crippen LogP contribution >= 0.6 is 15.9 Å². The van der Waals surface area contributed by atoms with Gasteiger partial charge in [0.05, 0.1) is 19.5 Å². The number of hydrogen-bond donors (Lipinski definition) is 0. The predicted octanol–water partition coefficient (Wildman–Crippen LogP) is 4.10. The summed E-state index contributed by atoms with van der Waals surface area (Å²) >= 11 is 3.41. The number of furan rings is 1. The van der Waals surface area contributed by atoms with Crippen molar-refractivity contribution >= 4 is 27.8 Å². The normalized spacial score (nSPS) is 14.1. The van der Waals surface area contributed by atoms with Gasteiger partial charge in [-0.1, -0.05) is 0 Å². The Morgan fingerprint density at radius 1 is 1.19 bits per heavy atom. The summed E-state index contributed by atoms with van der Waals surface area (Å²) in [7, 11) is 0. The highest BCUT2D eigenvalue weighted by Crippen LogP contribution is 2.35. The second kappa shape index (κ2) is 6.18. The molecule has 21 heavy (non-hydrogen) atoms. The molecule has 0 fully saturated rings. The highest BCUT2D eigenvalue weighted by molar-refractivity contribution is 9.10. The van der Waals surface area contributed by atoms with Crippen molar-refractivity contribution in [3.05, 3.63) is 52.4 Å². The molecular weight excluding hydrogens is 336 g/mol. The summed E-state index contributed by atoms with van der Waals surface area (Å²) < 4.78 is 17.0. The average Bonchev–Trinajstić information content (AvgIpc) is 2.89. The molecule has 0 saturated heterocycles. The van der Waals surface area contributed by atoms with E-state index in [0.717, 1.165) is 6.42 Å². The van der Waals surface area contributed by atoms with Crippen LogP contribution in [0.4, 0.5) is 0 Å². The molecule has 1 aliphatic heterocycles. The van der Waals surface area contributed by atoms with E-state index >= 15 is 0 Å². The van der Waals surface area contributed by atoms with E-state index in [1.165, 1.54) is 6.08 Å². The largest absolute Gasteiger partial charge is 0.490 e. The fourth-order valence-electron chi connectivity index (χ4n) is 2.01. The van der Waals surface area contributed by atoms with Crippen molar-refractivity contribution in [3.63, 3.8) is 0 Å². The molecule has 1 aromatic heterocycles. The first-order chi connectivity index (χ1) is 10.2. The van der Waals surface area contributed by atoms with Gasteiger partial charge in [0, 0.05) is 16.5 Å². The molecule has 2 aromatic rings. The van der Waals surface area contributed by atoms with Crippen LogP contribution in [-0.2, 0) is 0 Å². The molecule has 3 rings (SSSR count). The van der Waals surface area contributed by atoms with Crippen LogP contribution in [0, 0.1) is 0 Å². The van der Waals surface area contributed by atoms with Crippen molar-refractivity contribution in [2.75, 3.05) is 13.2 Å².